The highest BCUT2D eigenvalue weighted by Gasteiger charge is 2.27. The molecule has 182 valence electrons. The minimum absolute atomic E-state index is 0.213. The fourth-order valence-corrected chi connectivity index (χ4v) is 4.91. The van der Waals surface area contributed by atoms with E-state index in [4.69, 9.17) is 12.8 Å². The molecule has 0 spiro atoms. The molecule has 1 unspecified atom stereocenters. The number of aromatic nitrogens is 2. The summed E-state index contributed by atoms with van der Waals surface area (Å²) in [6.45, 7) is 19.5. The number of rotatable bonds is 11. The molecule has 0 bridgehead atoms. The summed E-state index contributed by atoms with van der Waals surface area (Å²) in [6.07, 6.45) is 8.92. The lowest BCUT2D eigenvalue weighted by Gasteiger charge is -2.25. The fourth-order valence-electron chi connectivity index (χ4n) is 4.91. The first-order chi connectivity index (χ1) is 16.1. The molecule has 0 saturated carbocycles. The third kappa shape index (κ3) is 5.61. The van der Waals surface area contributed by atoms with Crippen LogP contribution in [0.15, 0.2) is 30.5 Å². The highest BCUT2D eigenvalue weighted by atomic mass is 15.0. The Morgan fingerprint density at radius 2 is 1.76 bits per heavy atom. The Morgan fingerprint density at radius 3 is 2.38 bits per heavy atom. The Kier molecular flexibility index (Phi) is 8.71. The maximum absolute atomic E-state index is 6.31. The van der Waals surface area contributed by atoms with Gasteiger partial charge in [0.1, 0.15) is 7.85 Å². The molecule has 0 aliphatic rings. The van der Waals surface area contributed by atoms with Gasteiger partial charge in [-0.05, 0) is 73.1 Å². The van der Waals surface area contributed by atoms with Crippen molar-refractivity contribution in [3.05, 3.63) is 47.3 Å². The second-order valence-corrected chi connectivity index (χ2v) is 11.2. The lowest BCUT2D eigenvalue weighted by molar-refractivity contribution is 0.350. The quantitative estimate of drug-likeness (QED) is 0.267. The minimum atomic E-state index is 0.213. The van der Waals surface area contributed by atoms with Crippen molar-refractivity contribution in [3.63, 3.8) is 0 Å². The average Bonchev–Trinajstić information content (AvgIpc) is 3.13. The minimum Gasteiger partial charge on any atom is -0.340 e. The second-order valence-electron chi connectivity index (χ2n) is 11.2. The third-order valence-corrected chi connectivity index (χ3v) is 8.05. The van der Waals surface area contributed by atoms with Crippen LogP contribution in [0, 0.1) is 11.3 Å². The number of aryl methyl sites for hydroxylation is 2. The van der Waals surface area contributed by atoms with E-state index in [9.17, 15) is 0 Å². The average molecular weight is 457 g/mol. The Labute approximate surface area is 210 Å². The van der Waals surface area contributed by atoms with Crippen LogP contribution < -0.4 is 5.46 Å². The summed E-state index contributed by atoms with van der Waals surface area (Å²) in [5.41, 5.74) is 9.05. The molecule has 2 radical (unpaired) electrons. The van der Waals surface area contributed by atoms with E-state index >= 15 is 0 Å². The molecule has 34 heavy (non-hydrogen) atoms. The van der Waals surface area contributed by atoms with Gasteiger partial charge in [-0.3, -0.25) is 4.98 Å². The van der Waals surface area contributed by atoms with E-state index in [-0.39, 0.29) is 5.41 Å². The van der Waals surface area contributed by atoms with Crippen molar-refractivity contribution in [1.29, 1.82) is 0 Å². The first-order valence-electron chi connectivity index (χ1n) is 13.5. The van der Waals surface area contributed by atoms with Gasteiger partial charge in [0.05, 0.1) is 11.4 Å². The first-order valence-corrected chi connectivity index (χ1v) is 13.5. The summed E-state index contributed by atoms with van der Waals surface area (Å²) < 4.78 is 2.51. The fraction of sp³-hybridized carbons (Fsp3) is 0.581. The first kappa shape index (κ1) is 26.6. The zero-order valence-corrected chi connectivity index (χ0v) is 23.0. The molecule has 0 aliphatic carbocycles. The van der Waals surface area contributed by atoms with E-state index in [2.05, 4.69) is 84.4 Å². The molecule has 0 aliphatic heterocycles. The van der Waals surface area contributed by atoms with Crippen LogP contribution in [0.3, 0.4) is 0 Å². The summed E-state index contributed by atoms with van der Waals surface area (Å²) in [7, 11) is 6.31. The summed E-state index contributed by atoms with van der Waals surface area (Å²) >= 11 is 0. The van der Waals surface area contributed by atoms with Crippen molar-refractivity contribution in [2.75, 3.05) is 0 Å². The monoisotopic (exact) mass is 456 g/mol. The van der Waals surface area contributed by atoms with E-state index in [0.717, 1.165) is 43.6 Å². The Balaban J connectivity index is 2.32. The van der Waals surface area contributed by atoms with E-state index in [1.165, 1.54) is 51.8 Å². The van der Waals surface area contributed by atoms with Crippen LogP contribution in [0.4, 0.5) is 0 Å². The van der Waals surface area contributed by atoms with Gasteiger partial charge in [-0.15, -0.1) is 0 Å². The number of hydrogen-bond donors (Lipinski definition) is 0. The molecule has 0 amide bonds. The number of benzene rings is 1. The zero-order chi connectivity index (χ0) is 25.0. The van der Waals surface area contributed by atoms with Gasteiger partial charge in [0.2, 0.25) is 0 Å². The van der Waals surface area contributed by atoms with Gasteiger partial charge >= 0.3 is 0 Å². The normalized spacial score (nSPS) is 14.0. The molecule has 0 saturated heterocycles. The summed E-state index contributed by atoms with van der Waals surface area (Å²) in [4.78, 5) is 5.11. The molecular weight excluding hydrogens is 411 g/mol. The summed E-state index contributed by atoms with van der Waals surface area (Å²) in [5, 5.41) is 1.30. The van der Waals surface area contributed by atoms with Crippen LogP contribution in [0.25, 0.3) is 22.2 Å². The van der Waals surface area contributed by atoms with Gasteiger partial charge in [-0.1, -0.05) is 78.9 Å². The maximum atomic E-state index is 6.31. The SMILES string of the molecule is [B]c1ccc2c(c1)c(CC(C)(C)CC)c(-c1cc(CC[C@H](C)CC)cnc1C(C)CC)n2CC. The summed E-state index contributed by atoms with van der Waals surface area (Å²) in [5.74, 6) is 1.16. The van der Waals surface area contributed by atoms with Crippen LogP contribution in [-0.2, 0) is 19.4 Å². The maximum Gasteiger partial charge on any atom is 0.113 e. The van der Waals surface area contributed by atoms with Crippen molar-refractivity contribution in [2.24, 2.45) is 11.3 Å². The molecule has 2 aromatic heterocycles. The van der Waals surface area contributed by atoms with Gasteiger partial charge in [-0.2, -0.15) is 0 Å². The van der Waals surface area contributed by atoms with Crippen LogP contribution >= 0.6 is 0 Å². The van der Waals surface area contributed by atoms with Gasteiger partial charge in [0.15, 0.2) is 0 Å². The highest BCUT2D eigenvalue weighted by Crippen LogP contribution is 2.41. The van der Waals surface area contributed by atoms with E-state index in [1.807, 2.05) is 6.07 Å². The molecular formula is C31H45BN2. The predicted octanol–water partition coefficient (Wildman–Crippen LogP) is 7.99. The van der Waals surface area contributed by atoms with Crippen LogP contribution in [0.2, 0.25) is 0 Å². The van der Waals surface area contributed by atoms with E-state index < -0.39 is 0 Å². The lowest BCUT2D eigenvalue weighted by atomic mass is 9.81. The Morgan fingerprint density at radius 1 is 1.03 bits per heavy atom. The molecule has 0 fully saturated rings. The topological polar surface area (TPSA) is 17.8 Å². The van der Waals surface area contributed by atoms with Crippen LogP contribution in [0.1, 0.15) is 104 Å². The van der Waals surface area contributed by atoms with Crippen molar-refractivity contribution in [3.8, 4) is 11.3 Å². The molecule has 2 heterocycles. The molecule has 2 atom stereocenters. The van der Waals surface area contributed by atoms with Crippen molar-refractivity contribution >= 4 is 24.2 Å². The second kappa shape index (κ2) is 11.1. The van der Waals surface area contributed by atoms with Crippen molar-refractivity contribution in [1.82, 2.24) is 9.55 Å². The largest absolute Gasteiger partial charge is 0.340 e. The molecule has 0 N–H and O–H groups in total. The molecule has 3 aromatic rings. The summed E-state index contributed by atoms with van der Waals surface area (Å²) in [6, 6.07) is 8.91. The van der Waals surface area contributed by atoms with E-state index in [0.29, 0.717) is 5.92 Å². The molecule has 3 heteroatoms. The van der Waals surface area contributed by atoms with Crippen molar-refractivity contribution in [2.45, 2.75) is 106 Å². The van der Waals surface area contributed by atoms with E-state index in [1.54, 1.807) is 0 Å². The van der Waals surface area contributed by atoms with Crippen LogP contribution in [-0.4, -0.2) is 17.4 Å². The standard InChI is InChI=1S/C31H45BN2/c1-9-21(5)13-14-23-17-26(29(33-20-23)22(6)10-2)30-27(19-31(7,8)11-3)25-18-24(32)15-16-28(25)34(30)12-4/h15-18,20-22H,9-14,19H2,1-8H3/t21-,22?/m1/s1. The number of fused-ring (bicyclic) bond motifs is 1. The van der Waals surface area contributed by atoms with Gasteiger partial charge in [0, 0.05) is 29.2 Å². The highest BCUT2D eigenvalue weighted by molar-refractivity contribution is 6.33. The Hall–Kier alpha value is -2.03. The molecule has 2 nitrogen and oxygen atoms in total. The number of pyridine rings is 1. The van der Waals surface area contributed by atoms with Crippen LogP contribution in [0.5, 0.6) is 0 Å². The zero-order valence-electron chi connectivity index (χ0n) is 23.0. The van der Waals surface area contributed by atoms with Gasteiger partial charge in [-0.25, -0.2) is 0 Å². The predicted molar refractivity (Wildman–Crippen MR) is 150 cm³/mol. The number of hydrogen-bond acceptors (Lipinski definition) is 1. The van der Waals surface area contributed by atoms with Gasteiger partial charge in [0.25, 0.3) is 0 Å². The van der Waals surface area contributed by atoms with Gasteiger partial charge < -0.3 is 4.57 Å². The Bertz CT molecular complexity index is 1110. The molecule has 3 rings (SSSR count). The number of nitrogens with zero attached hydrogens (tertiary/aromatic N) is 2. The van der Waals surface area contributed by atoms with Crippen molar-refractivity contribution < 1.29 is 0 Å². The molecule has 1 aromatic carbocycles. The lowest BCUT2D eigenvalue weighted by Crippen LogP contribution is -2.15. The smallest absolute Gasteiger partial charge is 0.113 e. The third-order valence-electron chi connectivity index (χ3n) is 8.05.